The van der Waals surface area contributed by atoms with Crippen LogP contribution < -0.4 is 4.90 Å². The van der Waals surface area contributed by atoms with Gasteiger partial charge in [-0.25, -0.2) is 9.78 Å². The fourth-order valence-corrected chi connectivity index (χ4v) is 5.08. The highest BCUT2D eigenvalue weighted by Crippen LogP contribution is 2.38. The third-order valence-corrected chi connectivity index (χ3v) is 6.66. The lowest BCUT2D eigenvalue weighted by molar-refractivity contribution is 0.0699. The SMILES string of the molecule is CO.COC(=O)N1c2ccc3c(nc(Cc4ccccc4)n3C3CCOCC3)c2CCC1C. The van der Waals surface area contributed by atoms with Crippen molar-refractivity contribution in [1.82, 2.24) is 9.55 Å². The van der Waals surface area contributed by atoms with E-state index in [1.165, 1.54) is 12.7 Å². The van der Waals surface area contributed by atoms with Gasteiger partial charge in [-0.05, 0) is 50.3 Å². The molecule has 7 nitrogen and oxygen atoms in total. The Hall–Kier alpha value is -2.90. The molecule has 7 heteroatoms. The van der Waals surface area contributed by atoms with E-state index in [1.807, 2.05) is 6.07 Å². The van der Waals surface area contributed by atoms with Gasteiger partial charge >= 0.3 is 6.09 Å². The van der Waals surface area contributed by atoms with Crippen molar-refractivity contribution in [1.29, 1.82) is 0 Å². The molecule has 2 aromatic carbocycles. The second-order valence-electron chi connectivity index (χ2n) is 8.56. The average Bonchev–Trinajstić information content (AvgIpc) is 3.24. The number of methoxy groups -OCH3 is 1. The van der Waals surface area contributed by atoms with Gasteiger partial charge in [0.05, 0.1) is 23.8 Å². The molecule has 0 radical (unpaired) electrons. The first-order chi connectivity index (χ1) is 16.2. The second kappa shape index (κ2) is 10.4. The predicted molar refractivity (Wildman–Crippen MR) is 129 cm³/mol. The molecule has 1 fully saturated rings. The number of carbonyl (C=O) groups is 1. The molecule has 0 spiro atoms. The van der Waals surface area contributed by atoms with E-state index in [9.17, 15) is 4.79 Å². The van der Waals surface area contributed by atoms with Crippen LogP contribution in [-0.2, 0) is 22.3 Å². The van der Waals surface area contributed by atoms with Crippen LogP contribution in [0.2, 0.25) is 0 Å². The monoisotopic (exact) mass is 451 g/mol. The van der Waals surface area contributed by atoms with Crippen LogP contribution in [0.4, 0.5) is 10.5 Å². The van der Waals surface area contributed by atoms with Crippen LogP contribution in [0.3, 0.4) is 0 Å². The van der Waals surface area contributed by atoms with Crippen molar-refractivity contribution in [2.45, 2.75) is 51.1 Å². The summed E-state index contributed by atoms with van der Waals surface area (Å²) in [5.74, 6) is 1.09. The van der Waals surface area contributed by atoms with Crippen LogP contribution in [0, 0.1) is 0 Å². The summed E-state index contributed by atoms with van der Waals surface area (Å²) in [5.41, 5.74) is 5.53. The maximum absolute atomic E-state index is 12.5. The van der Waals surface area contributed by atoms with Gasteiger partial charge in [0.25, 0.3) is 0 Å². The van der Waals surface area contributed by atoms with Crippen molar-refractivity contribution < 1.29 is 19.4 Å². The molecule has 0 saturated carbocycles. The fraction of sp³-hybridized carbons (Fsp3) is 0.462. The van der Waals surface area contributed by atoms with E-state index in [2.05, 4.69) is 47.9 Å². The average molecular weight is 452 g/mol. The molecule has 1 aromatic heterocycles. The van der Waals surface area contributed by atoms with Gasteiger partial charge in [0, 0.05) is 44.4 Å². The first kappa shape index (κ1) is 23.3. The minimum absolute atomic E-state index is 0.110. The molecule has 5 rings (SSSR count). The van der Waals surface area contributed by atoms with Gasteiger partial charge < -0.3 is 19.1 Å². The molecular formula is C26H33N3O4. The summed E-state index contributed by atoms with van der Waals surface area (Å²) in [6.07, 6.45) is 4.29. The lowest BCUT2D eigenvalue weighted by Gasteiger charge is -2.34. The van der Waals surface area contributed by atoms with Gasteiger partial charge in [0.2, 0.25) is 0 Å². The molecule has 0 bridgehead atoms. The van der Waals surface area contributed by atoms with E-state index >= 15 is 0 Å². The van der Waals surface area contributed by atoms with Crippen LogP contribution >= 0.6 is 0 Å². The molecule has 3 heterocycles. The zero-order valence-electron chi connectivity index (χ0n) is 19.7. The number of hydrogen-bond acceptors (Lipinski definition) is 5. The van der Waals surface area contributed by atoms with E-state index in [4.69, 9.17) is 19.6 Å². The van der Waals surface area contributed by atoms with Crippen molar-refractivity contribution in [2.24, 2.45) is 0 Å². The Morgan fingerprint density at radius 1 is 1.12 bits per heavy atom. The molecule has 176 valence electrons. The first-order valence-corrected chi connectivity index (χ1v) is 11.6. The number of amides is 1. The van der Waals surface area contributed by atoms with E-state index in [-0.39, 0.29) is 12.1 Å². The Bertz CT molecular complexity index is 1090. The number of rotatable bonds is 3. The number of aromatic nitrogens is 2. The van der Waals surface area contributed by atoms with Gasteiger partial charge in [-0.3, -0.25) is 4.90 Å². The first-order valence-electron chi connectivity index (χ1n) is 11.6. The van der Waals surface area contributed by atoms with Crippen molar-refractivity contribution in [3.63, 3.8) is 0 Å². The Morgan fingerprint density at radius 3 is 2.55 bits per heavy atom. The summed E-state index contributed by atoms with van der Waals surface area (Å²) < 4.78 is 13.1. The van der Waals surface area contributed by atoms with Crippen molar-refractivity contribution >= 4 is 22.8 Å². The number of aliphatic hydroxyl groups is 1. The molecule has 0 aliphatic carbocycles. The lowest BCUT2D eigenvalue weighted by atomic mass is 9.95. The van der Waals surface area contributed by atoms with E-state index in [0.29, 0.717) is 6.04 Å². The maximum atomic E-state index is 12.5. The second-order valence-corrected chi connectivity index (χ2v) is 8.56. The molecule has 3 aromatic rings. The zero-order chi connectivity index (χ0) is 23.4. The highest BCUT2D eigenvalue weighted by molar-refractivity contribution is 5.95. The molecule has 1 N–H and O–H groups in total. The number of fused-ring (bicyclic) bond motifs is 3. The summed E-state index contributed by atoms with van der Waals surface area (Å²) >= 11 is 0. The summed E-state index contributed by atoms with van der Waals surface area (Å²) in [5, 5.41) is 7.00. The number of nitrogens with zero attached hydrogens (tertiary/aromatic N) is 3. The molecule has 33 heavy (non-hydrogen) atoms. The Labute approximate surface area is 194 Å². The number of hydrogen-bond donors (Lipinski definition) is 1. The minimum Gasteiger partial charge on any atom is -0.452 e. The van der Waals surface area contributed by atoms with Crippen molar-refractivity contribution in [2.75, 3.05) is 32.3 Å². The van der Waals surface area contributed by atoms with Crippen LogP contribution in [-0.4, -0.2) is 54.2 Å². The molecular weight excluding hydrogens is 418 g/mol. The Balaban J connectivity index is 0.00000126. The largest absolute Gasteiger partial charge is 0.452 e. The lowest BCUT2D eigenvalue weighted by Crippen LogP contribution is -2.42. The smallest absolute Gasteiger partial charge is 0.414 e. The standard InChI is InChI=1S/C25H29N3O3.CH4O/c1-17-8-9-20-21(27(17)25(29)30-2)10-11-22-24(20)26-23(16-18-6-4-3-5-7-18)28(22)19-12-14-31-15-13-19;1-2/h3-7,10-11,17,19H,8-9,12-16H2,1-2H3;2H,1H3. The number of anilines is 1. The summed E-state index contributed by atoms with van der Waals surface area (Å²) in [6.45, 7) is 3.65. The number of imidazole rings is 1. The van der Waals surface area contributed by atoms with Gasteiger partial charge in [-0.2, -0.15) is 0 Å². The van der Waals surface area contributed by atoms with E-state index in [1.54, 1.807) is 4.90 Å². The fourth-order valence-electron chi connectivity index (χ4n) is 5.08. The Morgan fingerprint density at radius 2 is 1.85 bits per heavy atom. The summed E-state index contributed by atoms with van der Waals surface area (Å²) in [6, 6.07) is 15.2. The van der Waals surface area contributed by atoms with Crippen molar-refractivity contribution in [3.05, 3.63) is 59.4 Å². The van der Waals surface area contributed by atoms with E-state index < -0.39 is 0 Å². The van der Waals surface area contributed by atoms with Crippen molar-refractivity contribution in [3.8, 4) is 0 Å². The van der Waals surface area contributed by atoms with E-state index in [0.717, 1.165) is 80.5 Å². The number of ether oxygens (including phenoxy) is 2. The topological polar surface area (TPSA) is 76.8 Å². The van der Waals surface area contributed by atoms with Crippen LogP contribution in [0.5, 0.6) is 0 Å². The normalized spacial score (nSPS) is 18.4. The number of aryl methyl sites for hydroxylation is 1. The predicted octanol–water partition coefficient (Wildman–Crippen LogP) is 4.49. The third-order valence-electron chi connectivity index (χ3n) is 6.66. The highest BCUT2D eigenvalue weighted by atomic mass is 16.5. The third kappa shape index (κ3) is 4.48. The number of benzene rings is 2. The van der Waals surface area contributed by atoms with Crippen LogP contribution in [0.1, 0.15) is 49.2 Å². The molecule has 1 atom stereocenters. The van der Waals surface area contributed by atoms with Gasteiger partial charge in [0.1, 0.15) is 5.82 Å². The molecule has 1 amide bonds. The zero-order valence-corrected chi connectivity index (χ0v) is 19.7. The van der Waals surface area contributed by atoms with Gasteiger partial charge in [-0.15, -0.1) is 0 Å². The molecule has 2 aliphatic rings. The maximum Gasteiger partial charge on any atom is 0.414 e. The minimum atomic E-state index is -0.304. The van der Waals surface area contributed by atoms with Crippen LogP contribution in [0.15, 0.2) is 42.5 Å². The number of carbonyl (C=O) groups excluding carboxylic acids is 1. The highest BCUT2D eigenvalue weighted by Gasteiger charge is 2.32. The Kier molecular flexibility index (Phi) is 7.30. The van der Waals surface area contributed by atoms with Gasteiger partial charge in [0.15, 0.2) is 0 Å². The number of aliphatic hydroxyl groups excluding tert-OH is 1. The summed E-state index contributed by atoms with van der Waals surface area (Å²) in [4.78, 5) is 19.5. The molecule has 2 aliphatic heterocycles. The molecule has 1 saturated heterocycles. The summed E-state index contributed by atoms with van der Waals surface area (Å²) in [7, 11) is 2.44. The van der Waals surface area contributed by atoms with Gasteiger partial charge in [-0.1, -0.05) is 30.3 Å². The molecule has 1 unspecified atom stereocenters. The van der Waals surface area contributed by atoms with Crippen LogP contribution in [0.25, 0.3) is 11.0 Å². The quantitative estimate of drug-likeness (QED) is 0.635.